The predicted octanol–water partition coefficient (Wildman–Crippen LogP) is 6.12. The third-order valence-corrected chi connectivity index (χ3v) is 6.13. The molecule has 33 heavy (non-hydrogen) atoms. The van der Waals surface area contributed by atoms with E-state index in [1.807, 2.05) is 25.5 Å². The SMILES string of the molecule is CCCn1cncc1C(c1ccccc1)(c1ccccc1)N(C)Cc1cccc(OCC)c1. The first-order valence-corrected chi connectivity index (χ1v) is 11.7. The highest BCUT2D eigenvalue weighted by atomic mass is 16.5. The van der Waals surface area contributed by atoms with Crippen LogP contribution in [-0.4, -0.2) is 28.1 Å². The molecule has 0 unspecified atom stereocenters. The maximum Gasteiger partial charge on any atom is 0.119 e. The van der Waals surface area contributed by atoms with E-state index in [0.717, 1.165) is 25.3 Å². The molecule has 4 heteroatoms. The molecule has 1 heterocycles. The first-order chi connectivity index (χ1) is 16.2. The number of nitrogens with zero attached hydrogens (tertiary/aromatic N) is 3. The lowest BCUT2D eigenvalue weighted by molar-refractivity contribution is 0.180. The van der Waals surface area contributed by atoms with E-state index < -0.39 is 5.54 Å². The van der Waals surface area contributed by atoms with Crippen molar-refractivity contribution in [3.05, 3.63) is 120 Å². The van der Waals surface area contributed by atoms with E-state index in [4.69, 9.17) is 4.74 Å². The first kappa shape index (κ1) is 22.8. The van der Waals surface area contributed by atoms with Crippen LogP contribution in [-0.2, 0) is 18.6 Å². The maximum absolute atomic E-state index is 5.77. The molecule has 0 atom stereocenters. The van der Waals surface area contributed by atoms with Crippen LogP contribution < -0.4 is 4.74 Å². The highest BCUT2D eigenvalue weighted by molar-refractivity contribution is 5.47. The summed E-state index contributed by atoms with van der Waals surface area (Å²) in [5.41, 5.74) is 4.32. The number of aromatic nitrogens is 2. The highest BCUT2D eigenvalue weighted by Gasteiger charge is 2.42. The number of benzene rings is 3. The van der Waals surface area contributed by atoms with Crippen LogP contribution in [0.4, 0.5) is 0 Å². The fraction of sp³-hybridized carbons (Fsp3) is 0.276. The summed E-state index contributed by atoms with van der Waals surface area (Å²) < 4.78 is 8.07. The quantitative estimate of drug-likeness (QED) is 0.298. The number of ether oxygens (including phenoxy) is 1. The number of aryl methyl sites for hydroxylation is 1. The molecule has 3 aromatic carbocycles. The number of imidazole rings is 1. The van der Waals surface area contributed by atoms with Crippen LogP contribution in [0, 0.1) is 0 Å². The highest BCUT2D eigenvalue weighted by Crippen LogP contribution is 2.42. The fourth-order valence-electron chi connectivity index (χ4n) is 4.79. The second-order valence-electron chi connectivity index (χ2n) is 8.35. The second kappa shape index (κ2) is 10.5. The van der Waals surface area contributed by atoms with E-state index in [0.29, 0.717) is 6.61 Å². The molecule has 0 saturated heterocycles. The van der Waals surface area contributed by atoms with Gasteiger partial charge >= 0.3 is 0 Å². The molecular formula is C29H33N3O. The van der Waals surface area contributed by atoms with E-state index in [1.54, 1.807) is 0 Å². The maximum atomic E-state index is 5.77. The Morgan fingerprint density at radius 2 is 1.55 bits per heavy atom. The summed E-state index contributed by atoms with van der Waals surface area (Å²) in [6.45, 7) is 6.56. The van der Waals surface area contributed by atoms with Gasteiger partial charge in [0.2, 0.25) is 0 Å². The fourth-order valence-corrected chi connectivity index (χ4v) is 4.79. The lowest BCUT2D eigenvalue weighted by atomic mass is 9.78. The van der Waals surface area contributed by atoms with Crippen molar-refractivity contribution in [2.24, 2.45) is 0 Å². The van der Waals surface area contributed by atoms with Crippen LogP contribution in [0.3, 0.4) is 0 Å². The Bertz CT molecular complexity index is 1100. The molecule has 1 aromatic heterocycles. The summed E-state index contributed by atoms with van der Waals surface area (Å²) >= 11 is 0. The standard InChI is InChI=1S/C29H33N3O/c1-4-19-32-23-30-21-28(32)29(25-14-8-6-9-15-25,26-16-10-7-11-17-26)31(3)22-24-13-12-18-27(20-24)33-5-2/h6-18,20-21,23H,4-5,19,22H2,1-3H3. The average Bonchev–Trinajstić information content (AvgIpc) is 3.30. The van der Waals surface area contributed by atoms with Crippen molar-refractivity contribution in [1.82, 2.24) is 14.5 Å². The molecule has 4 rings (SSSR count). The van der Waals surface area contributed by atoms with Crippen LogP contribution in [0.5, 0.6) is 5.75 Å². The van der Waals surface area contributed by atoms with Crippen molar-refractivity contribution in [3.8, 4) is 5.75 Å². The van der Waals surface area contributed by atoms with Crippen LogP contribution >= 0.6 is 0 Å². The predicted molar refractivity (Wildman–Crippen MR) is 134 cm³/mol. The molecule has 4 nitrogen and oxygen atoms in total. The summed E-state index contributed by atoms with van der Waals surface area (Å²) in [6.07, 6.45) is 5.04. The second-order valence-corrected chi connectivity index (χ2v) is 8.35. The van der Waals surface area contributed by atoms with Gasteiger partial charge in [0.25, 0.3) is 0 Å². The van der Waals surface area contributed by atoms with Crippen molar-refractivity contribution in [2.75, 3.05) is 13.7 Å². The van der Waals surface area contributed by atoms with Crippen LogP contribution in [0.2, 0.25) is 0 Å². The molecule has 0 amide bonds. The van der Waals surface area contributed by atoms with E-state index in [-0.39, 0.29) is 0 Å². The molecule has 0 saturated carbocycles. The van der Waals surface area contributed by atoms with Gasteiger partial charge in [0, 0.05) is 13.1 Å². The van der Waals surface area contributed by atoms with E-state index in [1.165, 1.54) is 22.4 Å². The van der Waals surface area contributed by atoms with Gasteiger partial charge in [-0.1, -0.05) is 79.7 Å². The normalized spacial score (nSPS) is 11.6. The summed E-state index contributed by atoms with van der Waals surface area (Å²) in [5, 5.41) is 0. The van der Waals surface area contributed by atoms with Crippen molar-refractivity contribution in [2.45, 2.75) is 38.9 Å². The largest absolute Gasteiger partial charge is 0.494 e. The van der Waals surface area contributed by atoms with Crippen molar-refractivity contribution in [1.29, 1.82) is 0 Å². The van der Waals surface area contributed by atoms with E-state index in [9.17, 15) is 0 Å². The van der Waals surface area contributed by atoms with Gasteiger partial charge in [0.1, 0.15) is 11.3 Å². The Hall–Kier alpha value is -3.37. The smallest absolute Gasteiger partial charge is 0.119 e. The minimum absolute atomic E-state index is 0.504. The number of hydrogen-bond donors (Lipinski definition) is 0. The monoisotopic (exact) mass is 439 g/mol. The van der Waals surface area contributed by atoms with Crippen LogP contribution in [0.1, 0.15) is 42.7 Å². The Balaban J connectivity index is 1.91. The summed E-state index contributed by atoms with van der Waals surface area (Å²) in [7, 11) is 2.20. The topological polar surface area (TPSA) is 30.3 Å². The molecule has 0 aliphatic heterocycles. The third-order valence-electron chi connectivity index (χ3n) is 6.13. The van der Waals surface area contributed by atoms with Gasteiger partial charge in [0.15, 0.2) is 0 Å². The zero-order valence-corrected chi connectivity index (χ0v) is 19.8. The lowest BCUT2D eigenvalue weighted by Gasteiger charge is -2.43. The molecule has 0 fully saturated rings. The van der Waals surface area contributed by atoms with Gasteiger partial charge in [0.05, 0.1) is 24.8 Å². The third kappa shape index (κ3) is 4.57. The Morgan fingerprint density at radius 1 is 0.879 bits per heavy atom. The van der Waals surface area contributed by atoms with Gasteiger partial charge < -0.3 is 9.30 Å². The Labute approximate surface area is 197 Å². The minimum Gasteiger partial charge on any atom is -0.494 e. The molecule has 0 radical (unpaired) electrons. The van der Waals surface area contributed by atoms with Gasteiger partial charge in [-0.2, -0.15) is 0 Å². The van der Waals surface area contributed by atoms with E-state index >= 15 is 0 Å². The zero-order chi connectivity index (χ0) is 23.1. The summed E-state index contributed by atoms with van der Waals surface area (Å²) in [4.78, 5) is 7.04. The van der Waals surface area contributed by atoms with Crippen LogP contribution in [0.15, 0.2) is 97.5 Å². The molecule has 0 spiro atoms. The molecule has 0 N–H and O–H groups in total. The number of rotatable bonds is 10. The summed E-state index contributed by atoms with van der Waals surface area (Å²) in [5.74, 6) is 0.907. The van der Waals surface area contributed by atoms with Crippen molar-refractivity contribution in [3.63, 3.8) is 0 Å². The van der Waals surface area contributed by atoms with Gasteiger partial charge in [-0.05, 0) is 49.2 Å². The molecule has 0 bridgehead atoms. The average molecular weight is 440 g/mol. The van der Waals surface area contributed by atoms with Gasteiger partial charge in [-0.15, -0.1) is 0 Å². The van der Waals surface area contributed by atoms with E-state index in [2.05, 4.69) is 107 Å². The van der Waals surface area contributed by atoms with Gasteiger partial charge in [-0.3, -0.25) is 4.90 Å². The zero-order valence-electron chi connectivity index (χ0n) is 19.8. The Morgan fingerprint density at radius 3 is 2.15 bits per heavy atom. The lowest BCUT2D eigenvalue weighted by Crippen LogP contribution is -2.46. The number of hydrogen-bond acceptors (Lipinski definition) is 3. The molecule has 0 aliphatic carbocycles. The molecule has 0 aliphatic rings. The van der Waals surface area contributed by atoms with Crippen molar-refractivity contribution < 1.29 is 4.74 Å². The summed E-state index contributed by atoms with van der Waals surface area (Å²) in [6, 6.07) is 29.9. The van der Waals surface area contributed by atoms with Crippen LogP contribution in [0.25, 0.3) is 0 Å². The first-order valence-electron chi connectivity index (χ1n) is 11.7. The van der Waals surface area contributed by atoms with Gasteiger partial charge in [-0.25, -0.2) is 4.98 Å². The Kier molecular flexibility index (Phi) is 7.26. The molecule has 4 aromatic rings. The minimum atomic E-state index is -0.504. The molecular weight excluding hydrogens is 406 g/mol. The van der Waals surface area contributed by atoms with Crippen molar-refractivity contribution >= 4 is 0 Å². The molecule has 170 valence electrons.